The summed E-state index contributed by atoms with van der Waals surface area (Å²) in [5, 5.41) is 3.59. The number of hydrogen-bond donors (Lipinski definition) is 1. The van der Waals surface area contributed by atoms with Gasteiger partial charge in [-0.3, -0.25) is 9.59 Å². The third-order valence-electron chi connectivity index (χ3n) is 3.65. The van der Waals surface area contributed by atoms with Crippen LogP contribution in [0.2, 0.25) is 5.02 Å². The zero-order valence-corrected chi connectivity index (χ0v) is 16.1. The number of halogens is 1. The van der Waals surface area contributed by atoms with Crippen LogP contribution in [0.25, 0.3) is 0 Å². The molecule has 1 N–H and O–H groups in total. The van der Waals surface area contributed by atoms with E-state index < -0.39 is 6.04 Å². The fraction of sp³-hybridized carbons (Fsp3) is 0.579. The van der Waals surface area contributed by atoms with Crippen LogP contribution in [0, 0.1) is 0 Å². The van der Waals surface area contributed by atoms with Crippen LogP contribution in [0.3, 0.4) is 0 Å². The van der Waals surface area contributed by atoms with E-state index in [0.29, 0.717) is 24.4 Å². The largest absolute Gasteiger partial charge is 0.350 e. The first-order valence-corrected chi connectivity index (χ1v) is 8.92. The van der Waals surface area contributed by atoms with Gasteiger partial charge >= 0.3 is 0 Å². The van der Waals surface area contributed by atoms with E-state index in [1.165, 1.54) is 0 Å². The molecule has 1 aromatic rings. The van der Waals surface area contributed by atoms with Crippen LogP contribution in [0.1, 0.15) is 59.4 Å². The molecule has 0 aliphatic rings. The third kappa shape index (κ3) is 6.16. The van der Waals surface area contributed by atoms with Crippen molar-refractivity contribution in [2.75, 3.05) is 0 Å². The molecule has 1 aromatic carbocycles. The number of rotatable bonds is 7. The van der Waals surface area contributed by atoms with Crippen molar-refractivity contribution < 1.29 is 9.59 Å². The monoisotopic (exact) mass is 352 g/mol. The molecule has 0 aliphatic carbocycles. The zero-order valence-electron chi connectivity index (χ0n) is 15.4. The molecule has 0 saturated carbocycles. The molecule has 2 amide bonds. The lowest BCUT2D eigenvalue weighted by molar-refractivity contribution is -0.142. The summed E-state index contributed by atoms with van der Waals surface area (Å²) in [6, 6.07) is 6.94. The van der Waals surface area contributed by atoms with Gasteiger partial charge in [0, 0.05) is 23.5 Å². The van der Waals surface area contributed by atoms with Gasteiger partial charge in [-0.15, -0.1) is 0 Å². The Hall–Kier alpha value is -1.55. The fourth-order valence-corrected chi connectivity index (χ4v) is 2.74. The minimum Gasteiger partial charge on any atom is -0.350 e. The van der Waals surface area contributed by atoms with Crippen molar-refractivity contribution >= 4 is 23.4 Å². The van der Waals surface area contributed by atoms with E-state index >= 15 is 0 Å². The van der Waals surface area contributed by atoms with Crippen molar-refractivity contribution in [1.29, 1.82) is 0 Å². The summed E-state index contributed by atoms with van der Waals surface area (Å²) < 4.78 is 0. The van der Waals surface area contributed by atoms with Crippen LogP contribution in [0.15, 0.2) is 24.3 Å². The standard InChI is InChI=1S/C19H29ClN2O2/c1-6-10-17(23)22(13-14-11-8-9-12-15(14)20)16(7-2)18(24)21-19(3,4)5/h8-9,11-12,16H,6-7,10,13H2,1-5H3,(H,21,24)/t16-/m0/s1. The van der Waals surface area contributed by atoms with E-state index in [1.54, 1.807) is 11.0 Å². The molecule has 0 aromatic heterocycles. The minimum absolute atomic E-state index is 0.0201. The van der Waals surface area contributed by atoms with Crippen LogP contribution >= 0.6 is 11.6 Å². The number of nitrogens with zero attached hydrogens (tertiary/aromatic N) is 1. The second-order valence-corrected chi connectivity index (χ2v) is 7.43. The molecule has 5 heteroatoms. The van der Waals surface area contributed by atoms with Crippen molar-refractivity contribution in [3.63, 3.8) is 0 Å². The van der Waals surface area contributed by atoms with E-state index in [4.69, 9.17) is 11.6 Å². The molecule has 134 valence electrons. The highest BCUT2D eigenvalue weighted by molar-refractivity contribution is 6.31. The molecule has 24 heavy (non-hydrogen) atoms. The lowest BCUT2D eigenvalue weighted by Gasteiger charge is -2.33. The molecule has 1 atom stereocenters. The molecule has 4 nitrogen and oxygen atoms in total. The Morgan fingerprint density at radius 1 is 1.21 bits per heavy atom. The molecule has 1 rings (SSSR count). The summed E-state index contributed by atoms with van der Waals surface area (Å²) in [4.78, 5) is 27.0. The number of carbonyl (C=O) groups excluding carboxylic acids is 2. The third-order valence-corrected chi connectivity index (χ3v) is 4.02. The van der Waals surface area contributed by atoms with E-state index in [9.17, 15) is 9.59 Å². The van der Waals surface area contributed by atoms with E-state index in [-0.39, 0.29) is 17.4 Å². The molecule has 0 saturated heterocycles. The highest BCUT2D eigenvalue weighted by Crippen LogP contribution is 2.20. The Bertz CT molecular complexity index is 567. The molecule has 0 heterocycles. The van der Waals surface area contributed by atoms with Gasteiger partial charge in [0.1, 0.15) is 6.04 Å². The highest BCUT2D eigenvalue weighted by atomic mass is 35.5. The van der Waals surface area contributed by atoms with E-state index in [0.717, 1.165) is 12.0 Å². The summed E-state index contributed by atoms with van der Waals surface area (Å²) in [5.41, 5.74) is 0.514. The number of benzene rings is 1. The van der Waals surface area contributed by atoms with Crippen LogP contribution in [-0.2, 0) is 16.1 Å². The number of hydrogen-bond acceptors (Lipinski definition) is 2. The van der Waals surface area contributed by atoms with Gasteiger partial charge < -0.3 is 10.2 Å². The maximum absolute atomic E-state index is 12.7. The van der Waals surface area contributed by atoms with Gasteiger partial charge in [0.05, 0.1) is 0 Å². The van der Waals surface area contributed by atoms with Crippen molar-refractivity contribution in [2.24, 2.45) is 0 Å². The van der Waals surface area contributed by atoms with Crippen LogP contribution in [0.5, 0.6) is 0 Å². The van der Waals surface area contributed by atoms with Crippen LogP contribution in [-0.4, -0.2) is 28.3 Å². The Kier molecular flexibility index (Phi) is 7.74. The number of carbonyl (C=O) groups is 2. The Balaban J connectivity index is 3.08. The second kappa shape index (κ2) is 9.07. The van der Waals surface area contributed by atoms with E-state index in [1.807, 2.05) is 52.8 Å². The van der Waals surface area contributed by atoms with Crippen molar-refractivity contribution in [3.05, 3.63) is 34.9 Å². The summed E-state index contributed by atoms with van der Waals surface area (Å²) in [6.07, 6.45) is 1.72. The van der Waals surface area contributed by atoms with Gasteiger partial charge in [0.15, 0.2) is 0 Å². The summed E-state index contributed by atoms with van der Waals surface area (Å²) in [5.74, 6) is -0.144. The van der Waals surface area contributed by atoms with Crippen molar-refractivity contribution in [2.45, 2.75) is 72.0 Å². The smallest absolute Gasteiger partial charge is 0.243 e. The lowest BCUT2D eigenvalue weighted by atomic mass is 10.0. The zero-order chi connectivity index (χ0) is 18.3. The van der Waals surface area contributed by atoms with Gasteiger partial charge in [0.2, 0.25) is 11.8 Å². The molecular formula is C19H29ClN2O2. The summed E-state index contributed by atoms with van der Waals surface area (Å²) >= 11 is 6.25. The summed E-state index contributed by atoms with van der Waals surface area (Å²) in [7, 11) is 0. The van der Waals surface area contributed by atoms with Gasteiger partial charge in [0.25, 0.3) is 0 Å². The van der Waals surface area contributed by atoms with Gasteiger partial charge in [-0.1, -0.05) is 43.6 Å². The van der Waals surface area contributed by atoms with Crippen molar-refractivity contribution in [3.8, 4) is 0 Å². The normalized spacial score (nSPS) is 12.6. The average Bonchev–Trinajstić information content (AvgIpc) is 2.47. The molecule has 0 fully saturated rings. The van der Waals surface area contributed by atoms with Crippen LogP contribution < -0.4 is 5.32 Å². The van der Waals surface area contributed by atoms with Crippen molar-refractivity contribution in [1.82, 2.24) is 10.2 Å². The Labute approximate surface area is 150 Å². The maximum atomic E-state index is 12.7. The molecule has 0 spiro atoms. The maximum Gasteiger partial charge on any atom is 0.243 e. The molecule has 0 bridgehead atoms. The van der Waals surface area contributed by atoms with Gasteiger partial charge in [-0.05, 0) is 45.2 Å². The SMILES string of the molecule is CCCC(=O)N(Cc1ccccc1Cl)[C@@H](CC)C(=O)NC(C)(C)C. The Morgan fingerprint density at radius 2 is 1.83 bits per heavy atom. The topological polar surface area (TPSA) is 49.4 Å². The minimum atomic E-state index is -0.500. The number of amides is 2. The molecule has 0 unspecified atom stereocenters. The first-order chi connectivity index (χ1) is 11.2. The van der Waals surface area contributed by atoms with Gasteiger partial charge in [-0.2, -0.15) is 0 Å². The first-order valence-electron chi connectivity index (χ1n) is 8.54. The second-order valence-electron chi connectivity index (χ2n) is 7.03. The average molecular weight is 353 g/mol. The highest BCUT2D eigenvalue weighted by Gasteiger charge is 2.30. The number of nitrogens with one attached hydrogen (secondary N) is 1. The van der Waals surface area contributed by atoms with Crippen LogP contribution in [0.4, 0.5) is 0 Å². The van der Waals surface area contributed by atoms with Gasteiger partial charge in [-0.25, -0.2) is 0 Å². The quantitative estimate of drug-likeness (QED) is 0.800. The molecule has 0 radical (unpaired) electrons. The Morgan fingerprint density at radius 3 is 2.33 bits per heavy atom. The predicted octanol–water partition coefficient (Wildman–Crippen LogP) is 4.16. The fourth-order valence-electron chi connectivity index (χ4n) is 2.54. The molecule has 0 aliphatic heterocycles. The first kappa shape index (κ1) is 20.5. The van der Waals surface area contributed by atoms with E-state index in [2.05, 4.69) is 5.32 Å². The molecular weight excluding hydrogens is 324 g/mol. The predicted molar refractivity (Wildman–Crippen MR) is 98.9 cm³/mol. The summed E-state index contributed by atoms with van der Waals surface area (Å²) in [6.45, 7) is 10.0. The lowest BCUT2D eigenvalue weighted by Crippen LogP contribution is -2.53.